The number of fused-ring (bicyclic) bond motifs is 3. The lowest BCUT2D eigenvalue weighted by Crippen LogP contribution is -2.27. The molecule has 0 fully saturated rings. The van der Waals surface area contributed by atoms with Gasteiger partial charge in [-0.05, 0) is 29.0 Å². The Morgan fingerprint density at radius 1 is 1.19 bits per heavy atom. The Morgan fingerprint density at radius 2 is 1.96 bits per heavy atom. The van der Waals surface area contributed by atoms with Gasteiger partial charge in [0.1, 0.15) is 12.4 Å². The van der Waals surface area contributed by atoms with Crippen LogP contribution in [0.2, 0.25) is 0 Å². The molecule has 138 valence electrons. The van der Waals surface area contributed by atoms with Crippen LogP contribution < -0.4 is 9.64 Å². The Kier molecular flexibility index (Phi) is 4.79. The number of halogens is 1. The minimum atomic E-state index is 0.0332. The zero-order valence-electron chi connectivity index (χ0n) is 15.5. The molecular weight excluding hydrogens is 358 g/mol. The molecule has 1 atom stereocenters. The fraction of sp³-hybridized carbons (Fsp3) is 0.261. The van der Waals surface area contributed by atoms with Crippen molar-refractivity contribution in [2.24, 2.45) is 0 Å². The monoisotopic (exact) mass is 379 g/mol. The molecule has 0 aliphatic carbocycles. The van der Waals surface area contributed by atoms with E-state index in [-0.39, 0.29) is 11.8 Å². The molecular formula is C23H22ClNO2. The van der Waals surface area contributed by atoms with Gasteiger partial charge in [0, 0.05) is 36.7 Å². The summed E-state index contributed by atoms with van der Waals surface area (Å²) in [5.74, 6) is 1.46. The van der Waals surface area contributed by atoms with E-state index in [1.54, 1.807) is 6.92 Å². The summed E-state index contributed by atoms with van der Waals surface area (Å²) in [7, 11) is 0. The van der Waals surface area contributed by atoms with Crippen LogP contribution in [0.1, 0.15) is 29.5 Å². The summed E-state index contributed by atoms with van der Waals surface area (Å²) < 4.78 is 6.21. The van der Waals surface area contributed by atoms with Gasteiger partial charge in [0.25, 0.3) is 0 Å². The standard InChI is InChI=1S/C23H22ClNO2/c1-15-7-6-10-19-21(27-14-17-8-4-3-5-9-17)11-20-23(22(15)19)18(12-24)13-25(20)16(2)26/h3-11,18H,12-14H2,1-2H3/t18-/m1/s1. The van der Waals surface area contributed by atoms with Crippen LogP contribution in [-0.2, 0) is 11.4 Å². The van der Waals surface area contributed by atoms with Crippen molar-refractivity contribution < 1.29 is 9.53 Å². The van der Waals surface area contributed by atoms with Gasteiger partial charge in [-0.3, -0.25) is 4.79 Å². The molecule has 0 saturated heterocycles. The molecule has 1 aliphatic rings. The molecule has 1 heterocycles. The van der Waals surface area contributed by atoms with Crippen molar-refractivity contribution in [3.05, 3.63) is 71.3 Å². The van der Waals surface area contributed by atoms with Crippen LogP contribution in [0.5, 0.6) is 5.75 Å². The molecule has 0 aromatic heterocycles. The highest BCUT2D eigenvalue weighted by Gasteiger charge is 2.33. The van der Waals surface area contributed by atoms with Crippen molar-refractivity contribution in [1.82, 2.24) is 0 Å². The Balaban J connectivity index is 1.87. The molecule has 1 aliphatic heterocycles. The van der Waals surface area contributed by atoms with E-state index in [9.17, 15) is 4.79 Å². The van der Waals surface area contributed by atoms with E-state index >= 15 is 0 Å². The van der Waals surface area contributed by atoms with Crippen LogP contribution in [-0.4, -0.2) is 18.3 Å². The van der Waals surface area contributed by atoms with Gasteiger partial charge in [0.05, 0.1) is 5.69 Å². The molecule has 4 rings (SSSR count). The molecule has 3 aromatic rings. The maximum Gasteiger partial charge on any atom is 0.223 e. The van der Waals surface area contributed by atoms with Crippen molar-refractivity contribution in [1.29, 1.82) is 0 Å². The van der Waals surface area contributed by atoms with Gasteiger partial charge in [-0.2, -0.15) is 0 Å². The summed E-state index contributed by atoms with van der Waals surface area (Å²) >= 11 is 6.27. The normalized spacial score (nSPS) is 15.8. The van der Waals surface area contributed by atoms with Crippen LogP contribution in [0.15, 0.2) is 54.6 Å². The lowest BCUT2D eigenvalue weighted by atomic mass is 9.92. The highest BCUT2D eigenvalue weighted by Crippen LogP contribution is 2.46. The summed E-state index contributed by atoms with van der Waals surface area (Å²) in [6, 6.07) is 18.3. The van der Waals surface area contributed by atoms with Crippen LogP contribution in [0.25, 0.3) is 10.8 Å². The quantitative estimate of drug-likeness (QED) is 0.567. The molecule has 3 nitrogen and oxygen atoms in total. The first-order valence-electron chi connectivity index (χ1n) is 9.17. The third kappa shape index (κ3) is 3.17. The molecule has 4 heteroatoms. The Labute approximate surface area is 164 Å². The minimum Gasteiger partial charge on any atom is -0.488 e. The first-order chi connectivity index (χ1) is 13.1. The van der Waals surface area contributed by atoms with Gasteiger partial charge < -0.3 is 9.64 Å². The molecule has 0 spiro atoms. The van der Waals surface area contributed by atoms with E-state index < -0.39 is 0 Å². The van der Waals surface area contributed by atoms with E-state index in [0.717, 1.165) is 27.8 Å². The van der Waals surface area contributed by atoms with Crippen molar-refractivity contribution in [2.45, 2.75) is 26.4 Å². The number of hydrogen-bond acceptors (Lipinski definition) is 2. The zero-order chi connectivity index (χ0) is 19.0. The molecule has 0 radical (unpaired) electrons. The maximum atomic E-state index is 12.2. The van der Waals surface area contributed by atoms with Crippen molar-refractivity contribution in [2.75, 3.05) is 17.3 Å². The highest BCUT2D eigenvalue weighted by atomic mass is 35.5. The largest absolute Gasteiger partial charge is 0.488 e. The third-order valence-electron chi connectivity index (χ3n) is 5.26. The number of anilines is 1. The molecule has 0 bridgehead atoms. The van der Waals surface area contributed by atoms with Gasteiger partial charge >= 0.3 is 0 Å². The summed E-state index contributed by atoms with van der Waals surface area (Å²) in [5, 5.41) is 2.23. The van der Waals surface area contributed by atoms with Crippen LogP contribution in [0.4, 0.5) is 5.69 Å². The first kappa shape index (κ1) is 17.9. The third-order valence-corrected chi connectivity index (χ3v) is 5.63. The van der Waals surface area contributed by atoms with Gasteiger partial charge in [-0.15, -0.1) is 11.6 Å². The Morgan fingerprint density at radius 3 is 2.67 bits per heavy atom. The number of carbonyl (C=O) groups is 1. The number of rotatable bonds is 4. The number of aryl methyl sites for hydroxylation is 1. The van der Waals surface area contributed by atoms with Gasteiger partial charge in [0.15, 0.2) is 0 Å². The van der Waals surface area contributed by atoms with Crippen LogP contribution in [0, 0.1) is 6.92 Å². The summed E-state index contributed by atoms with van der Waals surface area (Å²) in [4.78, 5) is 14.0. The second kappa shape index (κ2) is 7.24. The average Bonchev–Trinajstić information content (AvgIpc) is 3.05. The average molecular weight is 380 g/mol. The molecule has 3 aromatic carbocycles. The van der Waals surface area contributed by atoms with Crippen molar-refractivity contribution in [3.8, 4) is 5.75 Å². The predicted octanol–water partition coefficient (Wildman–Crippen LogP) is 5.42. The van der Waals surface area contributed by atoms with Crippen LogP contribution in [0.3, 0.4) is 0 Å². The Bertz CT molecular complexity index is 1000. The second-order valence-corrected chi connectivity index (χ2v) is 7.37. The van der Waals surface area contributed by atoms with Crippen molar-refractivity contribution >= 4 is 34.0 Å². The minimum absolute atomic E-state index is 0.0332. The topological polar surface area (TPSA) is 29.5 Å². The first-order valence-corrected chi connectivity index (χ1v) is 9.70. The Hall–Kier alpha value is -2.52. The van der Waals surface area contributed by atoms with Crippen LogP contribution >= 0.6 is 11.6 Å². The van der Waals surface area contributed by atoms with E-state index in [1.807, 2.05) is 47.4 Å². The fourth-order valence-electron chi connectivity index (χ4n) is 3.96. The zero-order valence-corrected chi connectivity index (χ0v) is 16.3. The molecule has 0 saturated carbocycles. The summed E-state index contributed by atoms with van der Waals surface area (Å²) in [6.07, 6.45) is 0. The number of benzene rings is 3. The lowest BCUT2D eigenvalue weighted by Gasteiger charge is -2.19. The maximum absolute atomic E-state index is 12.2. The van der Waals surface area contributed by atoms with Gasteiger partial charge in [-0.25, -0.2) is 0 Å². The highest BCUT2D eigenvalue weighted by molar-refractivity contribution is 6.19. The molecule has 0 N–H and O–H groups in total. The molecule has 27 heavy (non-hydrogen) atoms. The van der Waals surface area contributed by atoms with E-state index in [1.165, 1.54) is 11.1 Å². The summed E-state index contributed by atoms with van der Waals surface area (Å²) in [6.45, 7) is 4.82. The van der Waals surface area contributed by atoms with Gasteiger partial charge in [-0.1, -0.05) is 48.5 Å². The van der Waals surface area contributed by atoms with E-state index in [2.05, 4.69) is 19.1 Å². The summed E-state index contributed by atoms with van der Waals surface area (Å²) in [5.41, 5.74) is 4.38. The predicted molar refractivity (Wildman–Crippen MR) is 111 cm³/mol. The SMILES string of the molecule is CC(=O)N1C[C@@H](CCl)c2c1cc(OCc1ccccc1)c1cccc(C)c21. The van der Waals surface area contributed by atoms with Gasteiger partial charge in [0.2, 0.25) is 5.91 Å². The smallest absolute Gasteiger partial charge is 0.223 e. The fourth-order valence-corrected chi connectivity index (χ4v) is 4.22. The number of alkyl halides is 1. The van der Waals surface area contributed by atoms with E-state index in [4.69, 9.17) is 16.3 Å². The number of hydrogen-bond donors (Lipinski definition) is 0. The lowest BCUT2D eigenvalue weighted by molar-refractivity contribution is -0.116. The molecule has 1 amide bonds. The number of nitrogens with zero attached hydrogens (tertiary/aromatic N) is 1. The van der Waals surface area contributed by atoms with E-state index in [0.29, 0.717) is 19.0 Å². The molecule has 0 unspecified atom stereocenters. The number of ether oxygens (including phenoxy) is 1. The number of amides is 1. The second-order valence-electron chi connectivity index (χ2n) is 7.06. The van der Waals surface area contributed by atoms with Crippen molar-refractivity contribution in [3.63, 3.8) is 0 Å². The number of carbonyl (C=O) groups excluding carboxylic acids is 1.